The van der Waals surface area contributed by atoms with Crippen molar-refractivity contribution in [2.24, 2.45) is 0 Å². The molecule has 1 atom stereocenters. The number of nitro benzene ring substituents is 1. The molecule has 76 valence electrons. The molecule has 0 spiro atoms. The molecular formula is C9H14N3O2+. The molecule has 1 aromatic carbocycles. The van der Waals surface area contributed by atoms with Crippen LogP contribution in [0, 0.1) is 10.1 Å². The Labute approximate surface area is 82.1 Å². The lowest BCUT2D eigenvalue weighted by Crippen LogP contribution is -2.56. The van der Waals surface area contributed by atoms with Gasteiger partial charge in [-0.15, -0.1) is 0 Å². The summed E-state index contributed by atoms with van der Waals surface area (Å²) in [6, 6.07) is 6.64. The van der Waals surface area contributed by atoms with E-state index in [1.165, 1.54) is 12.1 Å². The first-order valence-electron chi connectivity index (χ1n) is 4.43. The summed E-state index contributed by atoms with van der Waals surface area (Å²) in [5.74, 6) is 0. The number of hydrogen-bond acceptors (Lipinski definition) is 3. The van der Waals surface area contributed by atoms with Gasteiger partial charge in [-0.1, -0.05) is 0 Å². The first-order valence-corrected chi connectivity index (χ1v) is 4.43. The first kappa shape index (κ1) is 10.5. The molecule has 1 aromatic rings. The van der Waals surface area contributed by atoms with Crippen LogP contribution in [0.5, 0.6) is 0 Å². The zero-order chi connectivity index (χ0) is 10.6. The number of nitro groups is 1. The fraction of sp³-hybridized carbons (Fsp3) is 0.333. The van der Waals surface area contributed by atoms with Crippen molar-refractivity contribution in [3.05, 3.63) is 34.4 Å². The van der Waals surface area contributed by atoms with Gasteiger partial charge in [0.1, 0.15) is 0 Å². The Morgan fingerprint density at radius 2 is 2.07 bits per heavy atom. The monoisotopic (exact) mass is 196 g/mol. The van der Waals surface area contributed by atoms with Crippen molar-refractivity contribution in [3.8, 4) is 0 Å². The van der Waals surface area contributed by atoms with Gasteiger partial charge >= 0.3 is 0 Å². The molecule has 1 rings (SSSR count). The minimum absolute atomic E-state index is 0.109. The minimum Gasteiger partial charge on any atom is -0.377 e. The van der Waals surface area contributed by atoms with Crippen LogP contribution in [-0.4, -0.2) is 17.5 Å². The molecule has 0 aliphatic heterocycles. The van der Waals surface area contributed by atoms with Crippen molar-refractivity contribution in [2.45, 2.75) is 13.0 Å². The summed E-state index contributed by atoms with van der Waals surface area (Å²) < 4.78 is 0. The zero-order valence-electron chi connectivity index (χ0n) is 8.06. The number of anilines is 1. The molecule has 0 heterocycles. The van der Waals surface area contributed by atoms with Gasteiger partial charge in [-0.2, -0.15) is 0 Å². The number of nitrogens with zero attached hydrogens (tertiary/aromatic N) is 1. The average molecular weight is 196 g/mol. The third kappa shape index (κ3) is 2.70. The maximum absolute atomic E-state index is 10.4. The van der Waals surface area contributed by atoms with E-state index in [1.54, 1.807) is 12.1 Å². The largest absolute Gasteiger partial charge is 0.377 e. The zero-order valence-corrected chi connectivity index (χ0v) is 8.06. The van der Waals surface area contributed by atoms with Crippen molar-refractivity contribution in [1.82, 2.24) is 0 Å². The molecule has 14 heavy (non-hydrogen) atoms. The Bertz CT molecular complexity index is 310. The molecule has 0 amide bonds. The number of non-ortho nitro benzene ring substituents is 1. The van der Waals surface area contributed by atoms with Crippen LogP contribution < -0.4 is 11.1 Å². The molecule has 0 saturated carbocycles. The molecule has 0 fully saturated rings. The fourth-order valence-electron chi connectivity index (χ4n) is 1.04. The molecule has 0 saturated heterocycles. The molecule has 0 radical (unpaired) electrons. The van der Waals surface area contributed by atoms with E-state index in [0.29, 0.717) is 0 Å². The molecular weight excluding hydrogens is 182 g/mol. The summed E-state index contributed by atoms with van der Waals surface area (Å²) in [4.78, 5) is 9.96. The van der Waals surface area contributed by atoms with Gasteiger partial charge in [0.25, 0.3) is 5.69 Å². The number of nitrogens with one attached hydrogen (secondary N) is 1. The van der Waals surface area contributed by atoms with Crippen LogP contribution in [-0.2, 0) is 0 Å². The lowest BCUT2D eigenvalue weighted by molar-refractivity contribution is -0.384. The van der Waals surface area contributed by atoms with Gasteiger partial charge in [-0.25, -0.2) is 0 Å². The molecule has 5 nitrogen and oxygen atoms in total. The van der Waals surface area contributed by atoms with E-state index in [0.717, 1.165) is 12.2 Å². The van der Waals surface area contributed by atoms with E-state index < -0.39 is 4.92 Å². The third-order valence-corrected chi connectivity index (χ3v) is 1.92. The highest BCUT2D eigenvalue weighted by Crippen LogP contribution is 2.15. The first-order chi connectivity index (χ1) is 6.63. The molecule has 0 unspecified atom stereocenters. The second kappa shape index (κ2) is 4.57. The Morgan fingerprint density at radius 1 is 1.50 bits per heavy atom. The van der Waals surface area contributed by atoms with Gasteiger partial charge in [0.05, 0.1) is 17.5 Å². The summed E-state index contributed by atoms with van der Waals surface area (Å²) >= 11 is 0. The SMILES string of the molecule is C[C@@H](C[NH3+])Nc1ccc([N+](=O)[O-])cc1. The van der Waals surface area contributed by atoms with Gasteiger partial charge in [0.2, 0.25) is 0 Å². The van der Waals surface area contributed by atoms with Crippen molar-refractivity contribution in [3.63, 3.8) is 0 Å². The lowest BCUT2D eigenvalue weighted by Gasteiger charge is -2.10. The Morgan fingerprint density at radius 3 is 2.50 bits per heavy atom. The predicted octanol–water partition coefficient (Wildman–Crippen LogP) is 0.637. The predicted molar refractivity (Wildman–Crippen MR) is 53.9 cm³/mol. The van der Waals surface area contributed by atoms with Crippen LogP contribution in [0.3, 0.4) is 0 Å². The average Bonchev–Trinajstić information content (AvgIpc) is 2.18. The Balaban J connectivity index is 2.68. The van der Waals surface area contributed by atoms with Crippen molar-refractivity contribution in [1.29, 1.82) is 0 Å². The van der Waals surface area contributed by atoms with E-state index in [-0.39, 0.29) is 11.7 Å². The van der Waals surface area contributed by atoms with Crippen molar-refractivity contribution in [2.75, 3.05) is 11.9 Å². The summed E-state index contributed by atoms with van der Waals surface area (Å²) in [6.45, 7) is 2.78. The smallest absolute Gasteiger partial charge is 0.269 e. The Hall–Kier alpha value is -1.62. The molecule has 0 aliphatic carbocycles. The van der Waals surface area contributed by atoms with Gasteiger partial charge in [0.15, 0.2) is 0 Å². The number of hydrogen-bond donors (Lipinski definition) is 2. The fourth-order valence-corrected chi connectivity index (χ4v) is 1.04. The third-order valence-electron chi connectivity index (χ3n) is 1.92. The molecule has 0 aromatic heterocycles. The van der Waals surface area contributed by atoms with Crippen LogP contribution in [0.15, 0.2) is 24.3 Å². The summed E-state index contributed by atoms with van der Waals surface area (Å²) in [7, 11) is 0. The second-order valence-electron chi connectivity index (χ2n) is 3.14. The highest BCUT2D eigenvalue weighted by molar-refractivity contribution is 5.48. The molecule has 5 heteroatoms. The van der Waals surface area contributed by atoms with Crippen molar-refractivity contribution < 1.29 is 10.7 Å². The maximum Gasteiger partial charge on any atom is 0.269 e. The van der Waals surface area contributed by atoms with Crippen LogP contribution in [0.2, 0.25) is 0 Å². The molecule has 0 bridgehead atoms. The van der Waals surface area contributed by atoms with E-state index in [2.05, 4.69) is 11.1 Å². The van der Waals surface area contributed by atoms with E-state index in [4.69, 9.17) is 0 Å². The van der Waals surface area contributed by atoms with Crippen LogP contribution >= 0.6 is 0 Å². The van der Waals surface area contributed by atoms with Gasteiger partial charge in [0, 0.05) is 17.8 Å². The molecule has 4 N–H and O–H groups in total. The standard InChI is InChI=1S/C9H13N3O2/c1-7(6-10)11-8-2-4-9(5-3-8)12(13)14/h2-5,7,11H,6,10H2,1H3/p+1/t7-/m0/s1. The quantitative estimate of drug-likeness (QED) is 0.547. The van der Waals surface area contributed by atoms with E-state index in [9.17, 15) is 10.1 Å². The van der Waals surface area contributed by atoms with Crippen molar-refractivity contribution >= 4 is 11.4 Å². The minimum atomic E-state index is -0.408. The number of benzene rings is 1. The number of rotatable bonds is 4. The van der Waals surface area contributed by atoms with E-state index in [1.807, 2.05) is 6.92 Å². The highest BCUT2D eigenvalue weighted by Gasteiger charge is 2.05. The lowest BCUT2D eigenvalue weighted by atomic mass is 10.2. The topological polar surface area (TPSA) is 82.8 Å². The van der Waals surface area contributed by atoms with Gasteiger partial charge < -0.3 is 11.1 Å². The maximum atomic E-state index is 10.4. The number of quaternary nitrogens is 1. The van der Waals surface area contributed by atoms with E-state index >= 15 is 0 Å². The summed E-state index contributed by atoms with van der Waals surface area (Å²) in [6.07, 6.45) is 0. The molecule has 0 aliphatic rings. The summed E-state index contributed by atoms with van der Waals surface area (Å²) in [5, 5.41) is 13.5. The van der Waals surface area contributed by atoms with Crippen LogP contribution in [0.4, 0.5) is 11.4 Å². The van der Waals surface area contributed by atoms with Gasteiger partial charge in [-0.3, -0.25) is 10.1 Å². The second-order valence-corrected chi connectivity index (χ2v) is 3.14. The Kier molecular flexibility index (Phi) is 3.41. The normalized spacial score (nSPS) is 12.1. The van der Waals surface area contributed by atoms with Gasteiger partial charge in [-0.05, 0) is 19.1 Å². The highest BCUT2D eigenvalue weighted by atomic mass is 16.6. The summed E-state index contributed by atoms with van der Waals surface area (Å²) in [5.41, 5.74) is 4.75. The van der Waals surface area contributed by atoms with Crippen LogP contribution in [0.1, 0.15) is 6.92 Å². The van der Waals surface area contributed by atoms with Crippen LogP contribution in [0.25, 0.3) is 0 Å².